The number of hydrogen-bond acceptors (Lipinski definition) is 5. The number of hydrogen-bond donors (Lipinski definition) is 0. The first-order valence-corrected chi connectivity index (χ1v) is 11.8. The van der Waals surface area contributed by atoms with Gasteiger partial charge in [-0.15, -0.1) is 0 Å². The molecule has 3 aromatic carbocycles. The molecule has 5 rings (SSSR count). The van der Waals surface area contributed by atoms with Gasteiger partial charge in [0.25, 0.3) is 5.56 Å². The number of nitrogens with zero attached hydrogens (tertiary/aromatic N) is 3. The second kappa shape index (κ2) is 9.27. The van der Waals surface area contributed by atoms with E-state index in [1.54, 1.807) is 12.3 Å². The van der Waals surface area contributed by atoms with Crippen LogP contribution in [-0.4, -0.2) is 22.0 Å². The molecule has 0 radical (unpaired) electrons. The van der Waals surface area contributed by atoms with Crippen molar-refractivity contribution in [3.63, 3.8) is 0 Å². The fourth-order valence-electron chi connectivity index (χ4n) is 3.59. The van der Waals surface area contributed by atoms with Crippen molar-refractivity contribution in [2.45, 2.75) is 26.4 Å². The summed E-state index contributed by atoms with van der Waals surface area (Å²) in [7, 11) is 0. The molecule has 170 valence electrons. The van der Waals surface area contributed by atoms with E-state index in [-0.39, 0.29) is 11.7 Å². The minimum absolute atomic E-state index is 0.147. The Morgan fingerprint density at radius 1 is 1.12 bits per heavy atom. The summed E-state index contributed by atoms with van der Waals surface area (Å²) in [5.41, 5.74) is 1.85. The van der Waals surface area contributed by atoms with E-state index in [1.807, 2.05) is 73.7 Å². The molecule has 7 heteroatoms. The smallest absolute Gasteiger partial charge is 0.282 e. The predicted molar refractivity (Wildman–Crippen MR) is 139 cm³/mol. The lowest BCUT2D eigenvalue weighted by molar-refractivity contribution is 0.217. The van der Waals surface area contributed by atoms with Crippen molar-refractivity contribution in [2.24, 2.45) is 5.10 Å². The van der Waals surface area contributed by atoms with Crippen LogP contribution < -0.4 is 10.3 Å². The maximum atomic E-state index is 13.4. The van der Waals surface area contributed by atoms with E-state index < -0.39 is 0 Å². The van der Waals surface area contributed by atoms with Gasteiger partial charge < -0.3 is 9.15 Å². The number of rotatable bonds is 6. The van der Waals surface area contributed by atoms with Crippen LogP contribution in [0, 0.1) is 0 Å². The first kappa shape index (κ1) is 22.1. The average molecular weight is 516 g/mol. The van der Waals surface area contributed by atoms with E-state index >= 15 is 0 Å². The second-order valence-electron chi connectivity index (χ2n) is 8.01. The van der Waals surface area contributed by atoms with Gasteiger partial charge in [0.2, 0.25) is 5.82 Å². The van der Waals surface area contributed by atoms with Gasteiger partial charge in [0, 0.05) is 9.86 Å². The number of furan rings is 1. The number of ether oxygens (including phenoxy) is 1. The Balaban J connectivity index is 1.59. The van der Waals surface area contributed by atoms with Crippen LogP contribution in [0.4, 0.5) is 0 Å². The van der Waals surface area contributed by atoms with Crippen molar-refractivity contribution in [3.05, 3.63) is 93.2 Å². The fraction of sp³-hybridized carbons (Fsp3) is 0.148. The number of fused-ring (bicyclic) bond motifs is 2. The summed E-state index contributed by atoms with van der Waals surface area (Å²) in [5.74, 6) is 1.60. The van der Waals surface area contributed by atoms with Gasteiger partial charge in [-0.05, 0) is 79.6 Å². The summed E-state index contributed by atoms with van der Waals surface area (Å²) >= 11 is 3.48. The summed E-state index contributed by atoms with van der Waals surface area (Å²) in [6.45, 7) is 4.12. The van der Waals surface area contributed by atoms with Crippen LogP contribution in [-0.2, 0) is 0 Å². The summed E-state index contributed by atoms with van der Waals surface area (Å²) in [6.07, 6.45) is 2.71. The average Bonchev–Trinajstić information content (AvgIpc) is 3.27. The summed E-state index contributed by atoms with van der Waals surface area (Å²) < 4.78 is 14.1. The zero-order valence-corrected chi connectivity index (χ0v) is 20.3. The number of para-hydroxylation sites is 1. The molecule has 2 heterocycles. The molecule has 0 bridgehead atoms. The number of benzene rings is 3. The van der Waals surface area contributed by atoms with Crippen molar-refractivity contribution in [1.29, 1.82) is 0 Å². The first-order chi connectivity index (χ1) is 16.5. The highest BCUT2D eigenvalue weighted by Crippen LogP contribution is 2.29. The minimum Gasteiger partial charge on any atom is -0.491 e. The number of aromatic nitrogens is 2. The van der Waals surface area contributed by atoms with Crippen molar-refractivity contribution in [3.8, 4) is 17.3 Å². The monoisotopic (exact) mass is 515 g/mol. The third-order valence-electron chi connectivity index (χ3n) is 5.57. The van der Waals surface area contributed by atoms with Gasteiger partial charge in [0.05, 0.1) is 23.2 Å². The van der Waals surface area contributed by atoms with Crippen LogP contribution in [0.3, 0.4) is 0 Å². The zero-order valence-electron chi connectivity index (χ0n) is 18.7. The molecule has 0 spiro atoms. The second-order valence-corrected chi connectivity index (χ2v) is 8.93. The molecule has 0 amide bonds. The Bertz CT molecular complexity index is 1570. The van der Waals surface area contributed by atoms with Gasteiger partial charge in [-0.1, -0.05) is 35.0 Å². The lowest BCUT2D eigenvalue weighted by atomic mass is 10.2. The standard InChI is InChI=1S/C27H22BrN3O3/c1-3-17(2)33-21-11-8-18(9-12-21)16-29-31-26(30-23-7-5-4-6-22(23)27(31)32)25-15-19-14-20(28)10-13-24(19)34-25/h4-17H,3H2,1-2H3/t17-/m1/s1. The van der Waals surface area contributed by atoms with Crippen LogP contribution in [0.25, 0.3) is 33.5 Å². The van der Waals surface area contributed by atoms with Crippen LogP contribution >= 0.6 is 15.9 Å². The topological polar surface area (TPSA) is 69.6 Å². The van der Waals surface area contributed by atoms with Crippen molar-refractivity contribution in [2.75, 3.05) is 0 Å². The lowest BCUT2D eigenvalue weighted by Crippen LogP contribution is -2.20. The van der Waals surface area contributed by atoms with Crippen LogP contribution in [0.1, 0.15) is 25.8 Å². The van der Waals surface area contributed by atoms with Gasteiger partial charge in [-0.2, -0.15) is 9.78 Å². The molecule has 6 nitrogen and oxygen atoms in total. The molecule has 0 aliphatic rings. The van der Waals surface area contributed by atoms with Crippen molar-refractivity contribution >= 4 is 44.0 Å². The lowest BCUT2D eigenvalue weighted by Gasteiger charge is -2.12. The molecule has 0 aliphatic heterocycles. The van der Waals surface area contributed by atoms with E-state index in [1.165, 1.54) is 4.68 Å². The minimum atomic E-state index is -0.268. The molecule has 0 saturated heterocycles. The fourth-order valence-corrected chi connectivity index (χ4v) is 3.97. The molecule has 0 N–H and O–H groups in total. The molecule has 1 atom stereocenters. The van der Waals surface area contributed by atoms with Crippen LogP contribution in [0.5, 0.6) is 5.75 Å². The molecular weight excluding hydrogens is 494 g/mol. The SMILES string of the molecule is CC[C@@H](C)Oc1ccc(C=Nn2c(-c3cc4cc(Br)ccc4o3)nc3ccccc3c2=O)cc1. The molecule has 5 aromatic rings. The Hall–Kier alpha value is -3.71. The normalized spacial score (nSPS) is 12.6. The maximum Gasteiger partial charge on any atom is 0.282 e. The summed E-state index contributed by atoms with van der Waals surface area (Å²) in [4.78, 5) is 18.1. The third kappa shape index (κ3) is 4.39. The van der Waals surface area contributed by atoms with E-state index in [9.17, 15) is 4.79 Å². The summed E-state index contributed by atoms with van der Waals surface area (Å²) in [5, 5.41) is 5.89. The largest absolute Gasteiger partial charge is 0.491 e. The van der Waals surface area contributed by atoms with Gasteiger partial charge >= 0.3 is 0 Å². The van der Waals surface area contributed by atoms with E-state index in [0.29, 0.717) is 28.1 Å². The van der Waals surface area contributed by atoms with E-state index in [0.717, 1.165) is 27.6 Å². The highest BCUT2D eigenvalue weighted by Gasteiger charge is 2.16. The molecule has 0 saturated carbocycles. The van der Waals surface area contributed by atoms with Crippen molar-refractivity contribution < 1.29 is 9.15 Å². The van der Waals surface area contributed by atoms with Gasteiger partial charge in [-0.25, -0.2) is 4.98 Å². The molecule has 0 unspecified atom stereocenters. The Kier molecular flexibility index (Phi) is 6.02. The van der Waals surface area contributed by atoms with E-state index in [4.69, 9.17) is 14.1 Å². The molecule has 0 aliphatic carbocycles. The predicted octanol–water partition coefficient (Wildman–Crippen LogP) is 6.63. The highest BCUT2D eigenvalue weighted by molar-refractivity contribution is 9.10. The maximum absolute atomic E-state index is 13.4. The van der Waals surface area contributed by atoms with Crippen LogP contribution in [0.15, 0.2) is 91.6 Å². The third-order valence-corrected chi connectivity index (χ3v) is 6.06. The summed E-state index contributed by atoms with van der Waals surface area (Å²) in [6, 6.07) is 22.4. The Morgan fingerprint density at radius 3 is 2.71 bits per heavy atom. The number of halogens is 1. The van der Waals surface area contributed by atoms with Gasteiger partial charge in [0.1, 0.15) is 11.3 Å². The molecule has 0 fully saturated rings. The quantitative estimate of drug-likeness (QED) is 0.238. The van der Waals surface area contributed by atoms with Gasteiger partial charge in [-0.3, -0.25) is 4.79 Å². The highest BCUT2D eigenvalue weighted by atomic mass is 79.9. The molecule has 34 heavy (non-hydrogen) atoms. The van der Waals surface area contributed by atoms with Gasteiger partial charge in [0.15, 0.2) is 5.76 Å². The van der Waals surface area contributed by atoms with Crippen LogP contribution in [0.2, 0.25) is 0 Å². The zero-order chi connectivity index (χ0) is 23.7. The Labute approximate surface area is 204 Å². The van der Waals surface area contributed by atoms with E-state index in [2.05, 4.69) is 28.0 Å². The van der Waals surface area contributed by atoms with Crippen molar-refractivity contribution in [1.82, 2.24) is 9.66 Å². The first-order valence-electron chi connectivity index (χ1n) is 11.0. The molecule has 2 aromatic heterocycles. The Morgan fingerprint density at radius 2 is 1.91 bits per heavy atom. The molecular formula is C27H22BrN3O3.